The molecule has 4 rings (SSSR count). The third-order valence-electron chi connectivity index (χ3n) is 4.35. The summed E-state index contributed by atoms with van der Waals surface area (Å²) in [5.41, 5.74) is 2.41. The second-order valence-corrected chi connectivity index (χ2v) is 6.34. The summed E-state index contributed by atoms with van der Waals surface area (Å²) in [5, 5.41) is 10.9. The minimum atomic E-state index is -0.372. The molecule has 0 bridgehead atoms. The quantitative estimate of drug-likeness (QED) is 0.550. The normalized spacial score (nSPS) is 10.6. The highest BCUT2D eigenvalue weighted by molar-refractivity contribution is 5.93. The number of nitrogens with zero attached hydrogens (tertiary/aromatic N) is 3. The van der Waals surface area contributed by atoms with Gasteiger partial charge in [-0.1, -0.05) is 65.8 Å². The number of aromatic nitrogens is 3. The Kier molecular flexibility index (Phi) is 5.29. The highest BCUT2D eigenvalue weighted by Crippen LogP contribution is 2.19. The van der Waals surface area contributed by atoms with Crippen LogP contribution in [0.1, 0.15) is 10.5 Å². The van der Waals surface area contributed by atoms with Crippen LogP contribution >= 0.6 is 0 Å². The lowest BCUT2D eigenvalue weighted by molar-refractivity contribution is 0.0943. The van der Waals surface area contributed by atoms with Crippen molar-refractivity contribution in [1.82, 2.24) is 20.3 Å². The largest absolute Gasteiger partial charge is 0.355 e. The minimum absolute atomic E-state index is 0.183. The van der Waals surface area contributed by atoms with Crippen molar-refractivity contribution >= 4 is 5.91 Å². The van der Waals surface area contributed by atoms with E-state index in [9.17, 15) is 9.59 Å². The number of rotatable bonds is 6. The van der Waals surface area contributed by atoms with Crippen molar-refractivity contribution in [2.24, 2.45) is 0 Å². The van der Waals surface area contributed by atoms with E-state index in [0.717, 1.165) is 11.1 Å². The zero-order valence-electron chi connectivity index (χ0n) is 15.5. The third-order valence-corrected chi connectivity index (χ3v) is 4.35. The molecular weight excluding hydrogens is 368 g/mol. The van der Waals surface area contributed by atoms with Crippen molar-refractivity contribution in [3.8, 4) is 22.6 Å². The van der Waals surface area contributed by atoms with E-state index in [0.29, 0.717) is 11.5 Å². The molecule has 1 amide bonds. The monoisotopic (exact) mass is 386 g/mol. The van der Waals surface area contributed by atoms with Gasteiger partial charge >= 0.3 is 0 Å². The Hall–Kier alpha value is -4.00. The van der Waals surface area contributed by atoms with Crippen LogP contribution in [0.4, 0.5) is 0 Å². The fourth-order valence-corrected chi connectivity index (χ4v) is 2.86. The summed E-state index contributed by atoms with van der Waals surface area (Å²) < 4.78 is 6.58. The Bertz CT molecular complexity index is 1170. The van der Waals surface area contributed by atoms with Crippen LogP contribution in [-0.4, -0.2) is 27.4 Å². The van der Waals surface area contributed by atoms with Crippen molar-refractivity contribution in [3.05, 3.63) is 94.9 Å². The second-order valence-electron chi connectivity index (χ2n) is 6.34. The Morgan fingerprint density at radius 3 is 2.34 bits per heavy atom. The Morgan fingerprint density at radius 2 is 1.62 bits per heavy atom. The van der Waals surface area contributed by atoms with Crippen LogP contribution in [-0.2, 0) is 6.54 Å². The molecule has 7 heteroatoms. The van der Waals surface area contributed by atoms with E-state index in [1.807, 2.05) is 60.7 Å². The first kappa shape index (κ1) is 18.4. The molecule has 2 aromatic carbocycles. The van der Waals surface area contributed by atoms with E-state index >= 15 is 0 Å². The fraction of sp³-hybridized carbons (Fsp3) is 0.0909. The number of amides is 1. The smallest absolute Gasteiger partial charge is 0.273 e. The first-order chi connectivity index (χ1) is 14.2. The summed E-state index contributed by atoms with van der Waals surface area (Å²) in [4.78, 5) is 24.4. The molecule has 1 N–H and O–H groups in total. The first-order valence-corrected chi connectivity index (χ1v) is 9.14. The molecule has 0 aliphatic carbocycles. The summed E-state index contributed by atoms with van der Waals surface area (Å²) in [6.07, 6.45) is 0. The molecule has 0 radical (unpaired) electrons. The van der Waals surface area contributed by atoms with Crippen molar-refractivity contribution in [3.63, 3.8) is 0 Å². The predicted molar refractivity (Wildman–Crippen MR) is 108 cm³/mol. The van der Waals surface area contributed by atoms with Crippen LogP contribution in [0.5, 0.6) is 0 Å². The molecule has 2 heterocycles. The van der Waals surface area contributed by atoms with Gasteiger partial charge in [0, 0.05) is 29.8 Å². The van der Waals surface area contributed by atoms with Crippen LogP contribution < -0.4 is 10.9 Å². The van der Waals surface area contributed by atoms with Crippen LogP contribution in [0, 0.1) is 0 Å². The van der Waals surface area contributed by atoms with Crippen molar-refractivity contribution < 1.29 is 9.32 Å². The van der Waals surface area contributed by atoms with E-state index in [1.165, 1.54) is 10.7 Å². The highest BCUT2D eigenvalue weighted by Gasteiger charge is 2.13. The topological polar surface area (TPSA) is 90.0 Å². The molecular formula is C22H18N4O3. The maximum Gasteiger partial charge on any atom is 0.273 e. The summed E-state index contributed by atoms with van der Waals surface area (Å²) in [6, 6.07) is 23.7. The average molecular weight is 386 g/mol. The third kappa shape index (κ3) is 4.30. The number of nitrogens with one attached hydrogen (secondary N) is 1. The van der Waals surface area contributed by atoms with E-state index in [-0.39, 0.29) is 30.2 Å². The zero-order valence-corrected chi connectivity index (χ0v) is 15.5. The molecule has 0 saturated heterocycles. The number of hydrogen-bond donors (Lipinski definition) is 1. The number of hydrogen-bond acceptors (Lipinski definition) is 5. The summed E-state index contributed by atoms with van der Waals surface area (Å²) in [6.45, 7) is 0.478. The maximum atomic E-state index is 12.3. The SMILES string of the molecule is O=C(NCCn1nc(-c2ccccc2)ccc1=O)c1cc(-c2ccccc2)on1. The summed E-state index contributed by atoms with van der Waals surface area (Å²) in [5.74, 6) is 0.146. The van der Waals surface area contributed by atoms with Gasteiger partial charge in [0.15, 0.2) is 11.5 Å². The van der Waals surface area contributed by atoms with Gasteiger partial charge in [-0.05, 0) is 6.07 Å². The molecule has 29 heavy (non-hydrogen) atoms. The number of carbonyl (C=O) groups excluding carboxylic acids is 1. The first-order valence-electron chi connectivity index (χ1n) is 9.14. The van der Waals surface area contributed by atoms with Gasteiger partial charge in [-0.2, -0.15) is 5.10 Å². The van der Waals surface area contributed by atoms with E-state index in [2.05, 4.69) is 15.6 Å². The van der Waals surface area contributed by atoms with Gasteiger partial charge in [0.1, 0.15) is 0 Å². The lowest BCUT2D eigenvalue weighted by atomic mass is 10.1. The average Bonchev–Trinajstić information content (AvgIpc) is 3.27. The summed E-state index contributed by atoms with van der Waals surface area (Å²) in [7, 11) is 0. The number of benzene rings is 2. The second kappa shape index (κ2) is 8.35. The molecule has 0 aliphatic rings. The minimum Gasteiger partial charge on any atom is -0.355 e. The molecule has 0 saturated carbocycles. The Morgan fingerprint density at radius 1 is 0.931 bits per heavy atom. The number of carbonyl (C=O) groups is 1. The molecule has 0 fully saturated rings. The standard InChI is InChI=1S/C22H18N4O3/c27-21-12-11-18(16-7-3-1-4-8-16)24-26(21)14-13-23-22(28)19-15-20(29-25-19)17-9-5-2-6-10-17/h1-12,15H,13-14H2,(H,23,28). The van der Waals surface area contributed by atoms with Crippen LogP contribution in [0.3, 0.4) is 0 Å². The molecule has 4 aromatic rings. The van der Waals surface area contributed by atoms with Gasteiger partial charge < -0.3 is 9.84 Å². The Labute approximate surface area is 166 Å². The Balaban J connectivity index is 1.40. The van der Waals surface area contributed by atoms with Gasteiger partial charge in [0.05, 0.1) is 12.2 Å². The zero-order chi connectivity index (χ0) is 20.1. The lowest BCUT2D eigenvalue weighted by Crippen LogP contribution is -2.32. The van der Waals surface area contributed by atoms with Crippen molar-refractivity contribution in [1.29, 1.82) is 0 Å². The van der Waals surface area contributed by atoms with Crippen LogP contribution in [0.2, 0.25) is 0 Å². The molecule has 0 aliphatic heterocycles. The van der Waals surface area contributed by atoms with Gasteiger partial charge in [0.25, 0.3) is 11.5 Å². The van der Waals surface area contributed by atoms with E-state index in [1.54, 1.807) is 12.1 Å². The fourth-order valence-electron chi connectivity index (χ4n) is 2.86. The van der Waals surface area contributed by atoms with Gasteiger partial charge in [0.2, 0.25) is 0 Å². The summed E-state index contributed by atoms with van der Waals surface area (Å²) >= 11 is 0. The van der Waals surface area contributed by atoms with Gasteiger partial charge in [-0.3, -0.25) is 9.59 Å². The van der Waals surface area contributed by atoms with Crippen molar-refractivity contribution in [2.45, 2.75) is 6.54 Å². The molecule has 0 unspecified atom stereocenters. The molecule has 7 nitrogen and oxygen atoms in total. The van der Waals surface area contributed by atoms with E-state index < -0.39 is 0 Å². The molecule has 2 aromatic heterocycles. The maximum absolute atomic E-state index is 12.3. The van der Waals surface area contributed by atoms with Gasteiger partial charge in [-0.15, -0.1) is 0 Å². The molecule has 0 atom stereocenters. The lowest BCUT2D eigenvalue weighted by Gasteiger charge is -2.07. The van der Waals surface area contributed by atoms with Crippen molar-refractivity contribution in [2.75, 3.05) is 6.54 Å². The van der Waals surface area contributed by atoms with E-state index in [4.69, 9.17) is 4.52 Å². The molecule has 0 spiro atoms. The van der Waals surface area contributed by atoms with Gasteiger partial charge in [-0.25, -0.2) is 4.68 Å². The predicted octanol–water partition coefficient (Wildman–Crippen LogP) is 3.00. The highest BCUT2D eigenvalue weighted by atomic mass is 16.5. The molecule has 144 valence electrons. The van der Waals surface area contributed by atoms with Crippen LogP contribution in [0.25, 0.3) is 22.6 Å². The van der Waals surface area contributed by atoms with Crippen LogP contribution in [0.15, 0.2) is 88.2 Å².